The van der Waals surface area contributed by atoms with Crippen LogP contribution in [0, 0.1) is 0 Å². The molecule has 0 heterocycles. The molecule has 3 heteroatoms. The Morgan fingerprint density at radius 3 is 2.29 bits per heavy atom. The smallest absolute Gasteiger partial charge is 0.304 e. The standard InChI is InChI=1S/C14H21NO2/c1-10(2)15-11(3)13(9-14(16)17)12-7-5-4-6-8-12/h4-8,10-11,13,15H,9H2,1-3H3,(H,16,17). The topological polar surface area (TPSA) is 49.3 Å². The SMILES string of the molecule is CC(C)NC(C)C(CC(=O)O)c1ccccc1. The van der Waals surface area contributed by atoms with E-state index in [2.05, 4.69) is 19.2 Å². The second-order valence-electron chi connectivity index (χ2n) is 4.73. The molecule has 3 nitrogen and oxygen atoms in total. The van der Waals surface area contributed by atoms with Crippen molar-refractivity contribution >= 4 is 5.97 Å². The number of rotatable bonds is 6. The molecule has 2 unspecified atom stereocenters. The Kier molecular flexibility index (Phi) is 5.16. The molecule has 0 radical (unpaired) electrons. The summed E-state index contributed by atoms with van der Waals surface area (Å²) in [6, 6.07) is 10.3. The maximum Gasteiger partial charge on any atom is 0.304 e. The summed E-state index contributed by atoms with van der Waals surface area (Å²) in [7, 11) is 0. The van der Waals surface area contributed by atoms with Gasteiger partial charge in [-0.25, -0.2) is 0 Å². The van der Waals surface area contributed by atoms with E-state index in [9.17, 15) is 4.79 Å². The average molecular weight is 235 g/mol. The largest absolute Gasteiger partial charge is 0.481 e. The summed E-state index contributed by atoms with van der Waals surface area (Å²) in [6.45, 7) is 6.18. The lowest BCUT2D eigenvalue weighted by molar-refractivity contribution is -0.137. The van der Waals surface area contributed by atoms with Gasteiger partial charge in [-0.05, 0) is 12.5 Å². The third kappa shape index (κ3) is 4.57. The molecule has 0 aliphatic carbocycles. The van der Waals surface area contributed by atoms with Gasteiger partial charge >= 0.3 is 5.97 Å². The van der Waals surface area contributed by atoms with Crippen molar-refractivity contribution in [2.24, 2.45) is 0 Å². The first-order chi connectivity index (χ1) is 8.00. The van der Waals surface area contributed by atoms with Crippen molar-refractivity contribution in [3.8, 4) is 0 Å². The molecule has 0 aromatic heterocycles. The van der Waals surface area contributed by atoms with Crippen LogP contribution in [0.2, 0.25) is 0 Å². The van der Waals surface area contributed by atoms with Gasteiger partial charge in [-0.2, -0.15) is 0 Å². The van der Waals surface area contributed by atoms with E-state index in [0.29, 0.717) is 6.04 Å². The minimum absolute atomic E-state index is 0.0103. The minimum atomic E-state index is -0.753. The van der Waals surface area contributed by atoms with E-state index in [1.165, 1.54) is 0 Å². The molecule has 0 saturated carbocycles. The summed E-state index contributed by atoms with van der Waals surface area (Å²) < 4.78 is 0. The lowest BCUT2D eigenvalue weighted by atomic mass is 9.89. The van der Waals surface area contributed by atoms with E-state index in [-0.39, 0.29) is 18.4 Å². The van der Waals surface area contributed by atoms with Gasteiger partial charge < -0.3 is 10.4 Å². The molecule has 0 amide bonds. The summed E-state index contributed by atoms with van der Waals surface area (Å²) >= 11 is 0. The molecule has 0 bridgehead atoms. The first-order valence-electron chi connectivity index (χ1n) is 6.03. The van der Waals surface area contributed by atoms with Crippen LogP contribution in [-0.4, -0.2) is 23.2 Å². The van der Waals surface area contributed by atoms with E-state index >= 15 is 0 Å². The zero-order chi connectivity index (χ0) is 12.8. The molecule has 1 aromatic carbocycles. The second-order valence-corrected chi connectivity index (χ2v) is 4.73. The monoisotopic (exact) mass is 235 g/mol. The zero-order valence-corrected chi connectivity index (χ0v) is 10.7. The molecular weight excluding hydrogens is 214 g/mol. The quantitative estimate of drug-likeness (QED) is 0.797. The zero-order valence-electron chi connectivity index (χ0n) is 10.7. The van der Waals surface area contributed by atoms with Gasteiger partial charge in [0.25, 0.3) is 0 Å². The molecule has 94 valence electrons. The van der Waals surface area contributed by atoms with Crippen LogP contribution in [0.5, 0.6) is 0 Å². The lowest BCUT2D eigenvalue weighted by Crippen LogP contribution is -2.37. The van der Waals surface area contributed by atoms with Crippen LogP contribution in [0.4, 0.5) is 0 Å². The number of hydrogen-bond acceptors (Lipinski definition) is 2. The summed E-state index contributed by atoms with van der Waals surface area (Å²) in [5.74, 6) is -0.743. The van der Waals surface area contributed by atoms with Gasteiger partial charge in [0, 0.05) is 18.0 Å². The Bertz CT molecular complexity index is 348. The van der Waals surface area contributed by atoms with Gasteiger partial charge in [-0.1, -0.05) is 44.2 Å². The third-order valence-corrected chi connectivity index (χ3v) is 2.82. The number of carbonyl (C=O) groups is 1. The van der Waals surface area contributed by atoms with Gasteiger partial charge in [0.2, 0.25) is 0 Å². The van der Waals surface area contributed by atoms with Crippen LogP contribution in [0.1, 0.15) is 38.7 Å². The summed E-state index contributed by atoms with van der Waals surface area (Å²) in [5, 5.41) is 12.4. The molecule has 1 aromatic rings. The number of benzene rings is 1. The molecular formula is C14H21NO2. The summed E-state index contributed by atoms with van der Waals surface area (Å²) in [4.78, 5) is 10.9. The molecule has 0 spiro atoms. The maximum absolute atomic E-state index is 10.9. The van der Waals surface area contributed by atoms with Crippen LogP contribution in [0.15, 0.2) is 30.3 Å². The van der Waals surface area contributed by atoms with Crippen LogP contribution in [0.3, 0.4) is 0 Å². The van der Waals surface area contributed by atoms with Crippen LogP contribution >= 0.6 is 0 Å². The van der Waals surface area contributed by atoms with Crippen molar-refractivity contribution in [2.75, 3.05) is 0 Å². The Balaban J connectivity index is 2.84. The van der Waals surface area contributed by atoms with Gasteiger partial charge in [-0.3, -0.25) is 4.79 Å². The molecule has 0 aliphatic rings. The van der Waals surface area contributed by atoms with Crippen molar-refractivity contribution < 1.29 is 9.90 Å². The van der Waals surface area contributed by atoms with Crippen LogP contribution in [0.25, 0.3) is 0 Å². The molecule has 2 N–H and O–H groups in total. The van der Waals surface area contributed by atoms with E-state index < -0.39 is 5.97 Å². The van der Waals surface area contributed by atoms with Crippen molar-refractivity contribution in [2.45, 2.75) is 45.2 Å². The molecule has 0 saturated heterocycles. The number of nitrogens with one attached hydrogen (secondary N) is 1. The first-order valence-corrected chi connectivity index (χ1v) is 6.03. The Labute approximate surface area is 103 Å². The number of carboxylic acid groups (broad SMARTS) is 1. The molecule has 0 aliphatic heterocycles. The van der Waals surface area contributed by atoms with Gasteiger partial charge in [-0.15, -0.1) is 0 Å². The molecule has 2 atom stereocenters. The van der Waals surface area contributed by atoms with E-state index in [0.717, 1.165) is 5.56 Å². The predicted octanol–water partition coefficient (Wildman–Crippen LogP) is 2.63. The highest BCUT2D eigenvalue weighted by molar-refractivity contribution is 5.68. The van der Waals surface area contributed by atoms with Gasteiger partial charge in [0.15, 0.2) is 0 Å². The van der Waals surface area contributed by atoms with Crippen LogP contribution < -0.4 is 5.32 Å². The summed E-state index contributed by atoms with van der Waals surface area (Å²) in [5.41, 5.74) is 1.08. The summed E-state index contributed by atoms with van der Waals surface area (Å²) in [6.07, 6.45) is 0.158. The Morgan fingerprint density at radius 2 is 1.82 bits per heavy atom. The van der Waals surface area contributed by atoms with Gasteiger partial charge in [0.05, 0.1) is 6.42 Å². The highest BCUT2D eigenvalue weighted by atomic mass is 16.4. The lowest BCUT2D eigenvalue weighted by Gasteiger charge is -2.26. The van der Waals surface area contributed by atoms with Gasteiger partial charge in [0.1, 0.15) is 0 Å². The first kappa shape index (κ1) is 13.7. The van der Waals surface area contributed by atoms with Crippen molar-refractivity contribution in [3.63, 3.8) is 0 Å². The fourth-order valence-electron chi connectivity index (χ4n) is 2.11. The highest BCUT2D eigenvalue weighted by Gasteiger charge is 2.22. The molecule has 1 rings (SSSR count). The average Bonchev–Trinajstić information content (AvgIpc) is 2.25. The third-order valence-electron chi connectivity index (χ3n) is 2.82. The van der Waals surface area contributed by atoms with Crippen molar-refractivity contribution in [1.29, 1.82) is 0 Å². The fourth-order valence-corrected chi connectivity index (χ4v) is 2.11. The second kappa shape index (κ2) is 6.40. The predicted molar refractivity (Wildman–Crippen MR) is 69.2 cm³/mol. The molecule has 0 fully saturated rings. The highest BCUT2D eigenvalue weighted by Crippen LogP contribution is 2.23. The number of hydrogen-bond donors (Lipinski definition) is 2. The fraction of sp³-hybridized carbons (Fsp3) is 0.500. The Morgan fingerprint density at radius 1 is 1.24 bits per heavy atom. The van der Waals surface area contributed by atoms with E-state index in [1.807, 2.05) is 37.3 Å². The van der Waals surface area contributed by atoms with E-state index in [4.69, 9.17) is 5.11 Å². The number of carboxylic acids is 1. The van der Waals surface area contributed by atoms with Crippen molar-refractivity contribution in [1.82, 2.24) is 5.32 Å². The normalized spacial score (nSPS) is 14.6. The minimum Gasteiger partial charge on any atom is -0.481 e. The molecule has 17 heavy (non-hydrogen) atoms. The Hall–Kier alpha value is -1.35. The van der Waals surface area contributed by atoms with Crippen molar-refractivity contribution in [3.05, 3.63) is 35.9 Å². The maximum atomic E-state index is 10.9. The van der Waals surface area contributed by atoms with Crippen LogP contribution in [-0.2, 0) is 4.79 Å². The number of aliphatic carboxylic acids is 1. The van der Waals surface area contributed by atoms with E-state index in [1.54, 1.807) is 0 Å².